The second kappa shape index (κ2) is 10.8. The lowest BCUT2D eigenvalue weighted by Gasteiger charge is -2.35. The van der Waals surface area contributed by atoms with Crippen molar-refractivity contribution in [2.24, 2.45) is 5.41 Å². The largest absolute Gasteiger partial charge is 0.348 e. The maximum Gasteiger partial charge on any atom is 0.246 e. The number of nitrogens with one attached hydrogen (secondary N) is 2. The Bertz CT molecular complexity index is 1060. The second-order valence-corrected chi connectivity index (χ2v) is 11.0. The molecule has 1 fully saturated rings. The van der Waals surface area contributed by atoms with Crippen molar-refractivity contribution in [2.45, 2.75) is 78.7 Å². The molecule has 9 heteroatoms. The lowest BCUT2D eigenvalue weighted by molar-refractivity contribution is -0.144. The van der Waals surface area contributed by atoms with Crippen LogP contribution in [0.3, 0.4) is 0 Å². The molecule has 0 unspecified atom stereocenters. The number of nitrogens with zero attached hydrogens (tertiary/aromatic N) is 2. The van der Waals surface area contributed by atoms with Gasteiger partial charge in [-0.2, -0.15) is 0 Å². The average molecular weight is 503 g/mol. The van der Waals surface area contributed by atoms with Crippen LogP contribution < -0.4 is 10.6 Å². The number of aryl methyl sites for hydroxylation is 1. The molecule has 35 heavy (non-hydrogen) atoms. The van der Waals surface area contributed by atoms with Crippen LogP contribution >= 0.6 is 11.3 Å². The van der Waals surface area contributed by atoms with Gasteiger partial charge in [-0.15, -0.1) is 11.3 Å². The van der Waals surface area contributed by atoms with Gasteiger partial charge in [0.15, 0.2) is 0 Å². The Hall–Kier alpha value is -2.81. The number of halogens is 1. The van der Waals surface area contributed by atoms with Crippen LogP contribution in [0.25, 0.3) is 10.4 Å². The number of hydrogen-bond acceptors (Lipinski definition) is 5. The summed E-state index contributed by atoms with van der Waals surface area (Å²) in [5.41, 5.74) is 4.15. The van der Waals surface area contributed by atoms with Crippen LogP contribution in [0.2, 0.25) is 0 Å². The molecule has 1 aliphatic rings. The van der Waals surface area contributed by atoms with Gasteiger partial charge in [-0.3, -0.25) is 14.4 Å². The fourth-order valence-corrected chi connectivity index (χ4v) is 5.06. The van der Waals surface area contributed by atoms with Gasteiger partial charge < -0.3 is 15.5 Å². The molecular weight excluding hydrogens is 467 g/mol. The molecule has 0 saturated carbocycles. The number of likely N-dealkylation sites (tertiary alicyclic amines) is 1. The number of hydrogen-bond donors (Lipinski definition) is 2. The summed E-state index contributed by atoms with van der Waals surface area (Å²) in [5.74, 6) is -1.10. The molecule has 1 saturated heterocycles. The van der Waals surface area contributed by atoms with Crippen molar-refractivity contribution in [1.82, 2.24) is 20.5 Å². The number of carbonyl (C=O) groups is 3. The predicted octanol–water partition coefficient (Wildman–Crippen LogP) is 4.18. The van der Waals surface area contributed by atoms with Gasteiger partial charge in [-0.05, 0) is 30.4 Å². The Morgan fingerprint density at radius 2 is 1.86 bits per heavy atom. The Balaban J connectivity index is 1.73. The number of alkyl halides is 1. The first-order valence-corrected chi connectivity index (χ1v) is 12.8. The van der Waals surface area contributed by atoms with E-state index in [0.29, 0.717) is 0 Å². The highest BCUT2D eigenvalue weighted by molar-refractivity contribution is 7.13. The summed E-state index contributed by atoms with van der Waals surface area (Å²) in [6.07, 6.45) is -1.13. The van der Waals surface area contributed by atoms with E-state index in [1.54, 1.807) is 18.3 Å². The zero-order valence-corrected chi connectivity index (χ0v) is 22.0. The third-order valence-electron chi connectivity index (χ3n) is 6.35. The van der Waals surface area contributed by atoms with Crippen molar-refractivity contribution in [2.75, 3.05) is 6.54 Å². The second-order valence-electron chi connectivity index (χ2n) is 10.2. The molecule has 3 rings (SSSR count). The molecule has 2 heterocycles. The van der Waals surface area contributed by atoms with Crippen LogP contribution in [0.15, 0.2) is 29.8 Å². The van der Waals surface area contributed by atoms with Gasteiger partial charge >= 0.3 is 0 Å². The lowest BCUT2D eigenvalue weighted by Crippen LogP contribution is -2.57. The zero-order valence-electron chi connectivity index (χ0n) is 21.2. The fraction of sp³-hybridized carbons (Fsp3) is 0.538. The molecule has 1 aliphatic heterocycles. The minimum absolute atomic E-state index is 0.0630. The van der Waals surface area contributed by atoms with Crippen molar-refractivity contribution in [3.63, 3.8) is 0 Å². The van der Waals surface area contributed by atoms with Crippen molar-refractivity contribution >= 4 is 29.1 Å². The van der Waals surface area contributed by atoms with Crippen LogP contribution in [-0.4, -0.2) is 52.4 Å². The van der Waals surface area contributed by atoms with E-state index in [0.717, 1.165) is 21.7 Å². The average Bonchev–Trinajstić information content (AvgIpc) is 3.41. The first kappa shape index (κ1) is 26.8. The number of thiazole rings is 1. The van der Waals surface area contributed by atoms with Crippen molar-refractivity contribution < 1.29 is 18.8 Å². The number of rotatable bonds is 7. The van der Waals surface area contributed by atoms with Crippen LogP contribution in [0, 0.1) is 12.3 Å². The third-order valence-corrected chi connectivity index (χ3v) is 7.33. The fourth-order valence-electron chi connectivity index (χ4n) is 4.25. The van der Waals surface area contributed by atoms with E-state index in [1.807, 2.05) is 64.4 Å². The van der Waals surface area contributed by atoms with Crippen LogP contribution in [0.1, 0.15) is 64.8 Å². The van der Waals surface area contributed by atoms with Crippen molar-refractivity contribution in [1.29, 1.82) is 0 Å². The molecule has 0 radical (unpaired) electrons. The third kappa shape index (κ3) is 6.25. The maximum absolute atomic E-state index is 14.4. The summed E-state index contributed by atoms with van der Waals surface area (Å²) in [6.45, 7) is 10.9. The summed E-state index contributed by atoms with van der Waals surface area (Å²) in [4.78, 5) is 45.3. The predicted molar refractivity (Wildman–Crippen MR) is 136 cm³/mol. The van der Waals surface area contributed by atoms with E-state index in [-0.39, 0.29) is 31.3 Å². The molecule has 190 valence electrons. The van der Waals surface area contributed by atoms with Gasteiger partial charge in [0.05, 0.1) is 28.7 Å². The summed E-state index contributed by atoms with van der Waals surface area (Å²) in [6, 6.07) is 5.78. The van der Waals surface area contributed by atoms with Gasteiger partial charge in [0.2, 0.25) is 17.7 Å². The molecule has 0 bridgehead atoms. The van der Waals surface area contributed by atoms with Gasteiger partial charge in [0.25, 0.3) is 0 Å². The van der Waals surface area contributed by atoms with Crippen LogP contribution in [-0.2, 0) is 14.4 Å². The topological polar surface area (TPSA) is 91.4 Å². The number of aromatic nitrogens is 1. The van der Waals surface area contributed by atoms with E-state index < -0.39 is 35.5 Å². The molecule has 0 spiro atoms. The van der Waals surface area contributed by atoms with Gasteiger partial charge in [0, 0.05) is 12.8 Å². The number of carbonyl (C=O) groups excluding carboxylic acids is 3. The summed E-state index contributed by atoms with van der Waals surface area (Å²) < 4.78 is 14.4. The highest BCUT2D eigenvalue weighted by Crippen LogP contribution is 2.30. The first-order chi connectivity index (χ1) is 16.4. The highest BCUT2D eigenvalue weighted by atomic mass is 32.1. The standard InChI is InChI=1S/C26H35FN4O3S/c1-7-21(32)30-23(26(4,5)6)25(34)31-13-19(27)12-20(31)24(33)29-15(2)17-8-10-18(11-9-17)22-16(3)28-14-35-22/h8-11,14-15,19-20,23H,7,12-13H2,1-6H3,(H,29,33)(H,30,32)/t15-,19+,20-,23+/m0/s1. The number of amides is 3. The van der Waals surface area contributed by atoms with Gasteiger partial charge in [0.1, 0.15) is 18.3 Å². The van der Waals surface area contributed by atoms with Gasteiger partial charge in [-0.1, -0.05) is 52.0 Å². The highest BCUT2D eigenvalue weighted by Gasteiger charge is 2.45. The van der Waals surface area contributed by atoms with Crippen molar-refractivity contribution in [3.8, 4) is 10.4 Å². The molecule has 2 N–H and O–H groups in total. The summed E-state index contributed by atoms with van der Waals surface area (Å²) >= 11 is 1.58. The number of benzene rings is 1. The van der Waals surface area contributed by atoms with E-state index in [4.69, 9.17) is 0 Å². The molecule has 2 aromatic rings. The smallest absolute Gasteiger partial charge is 0.246 e. The lowest BCUT2D eigenvalue weighted by atomic mass is 9.85. The Labute approximate surface area is 210 Å². The Morgan fingerprint density at radius 1 is 1.20 bits per heavy atom. The molecule has 1 aromatic heterocycles. The monoisotopic (exact) mass is 502 g/mol. The van der Waals surface area contributed by atoms with Crippen LogP contribution in [0.5, 0.6) is 0 Å². The summed E-state index contributed by atoms with van der Waals surface area (Å²) in [7, 11) is 0. The maximum atomic E-state index is 14.4. The van der Waals surface area contributed by atoms with Crippen molar-refractivity contribution in [3.05, 3.63) is 41.0 Å². The Kier molecular flexibility index (Phi) is 8.30. The molecule has 0 aliphatic carbocycles. The van der Waals surface area contributed by atoms with Crippen LogP contribution in [0.4, 0.5) is 4.39 Å². The molecule has 4 atom stereocenters. The quantitative estimate of drug-likeness (QED) is 0.594. The SMILES string of the molecule is CCC(=O)N[C@H](C(=O)N1C[C@H](F)C[C@H]1C(=O)N[C@@H](C)c1ccc(-c2scnc2C)cc1)C(C)(C)C. The van der Waals surface area contributed by atoms with E-state index in [9.17, 15) is 18.8 Å². The summed E-state index contributed by atoms with van der Waals surface area (Å²) in [5, 5.41) is 5.70. The normalized spacial score (nSPS) is 19.8. The molecule has 1 aromatic carbocycles. The van der Waals surface area contributed by atoms with Gasteiger partial charge in [-0.25, -0.2) is 9.37 Å². The first-order valence-electron chi connectivity index (χ1n) is 12.0. The Morgan fingerprint density at radius 3 is 2.40 bits per heavy atom. The van der Waals surface area contributed by atoms with E-state index in [1.165, 1.54) is 4.90 Å². The minimum atomic E-state index is -1.30. The minimum Gasteiger partial charge on any atom is -0.348 e. The van der Waals surface area contributed by atoms with E-state index in [2.05, 4.69) is 15.6 Å². The zero-order chi connectivity index (χ0) is 25.9. The molecule has 3 amide bonds. The van der Waals surface area contributed by atoms with E-state index >= 15 is 0 Å². The molecule has 7 nitrogen and oxygen atoms in total. The molecular formula is C26H35FN4O3S.